The van der Waals surface area contributed by atoms with Crippen molar-refractivity contribution >= 4 is 34.8 Å². The Morgan fingerprint density at radius 2 is 1.81 bits per heavy atom. The third-order valence-electron chi connectivity index (χ3n) is 6.82. The highest BCUT2D eigenvalue weighted by molar-refractivity contribution is 7.10. The number of ether oxygens (including phenoxy) is 2. The number of methoxy groups -OCH3 is 1. The molecule has 4 rings (SSSR count). The molecular formula is C29H33ClN2O4S. The van der Waals surface area contributed by atoms with Gasteiger partial charge in [0, 0.05) is 28.6 Å². The van der Waals surface area contributed by atoms with Crippen LogP contribution < -0.4 is 9.47 Å². The Kier molecular flexibility index (Phi) is 9.11. The van der Waals surface area contributed by atoms with Gasteiger partial charge in [0.1, 0.15) is 24.7 Å². The van der Waals surface area contributed by atoms with Crippen molar-refractivity contribution in [1.29, 1.82) is 0 Å². The summed E-state index contributed by atoms with van der Waals surface area (Å²) in [6.07, 6.45) is 1.72. The molecule has 2 amide bonds. The van der Waals surface area contributed by atoms with E-state index < -0.39 is 0 Å². The third kappa shape index (κ3) is 6.65. The van der Waals surface area contributed by atoms with Gasteiger partial charge in [-0.3, -0.25) is 9.59 Å². The molecule has 1 aliphatic rings. The second-order valence-electron chi connectivity index (χ2n) is 9.34. The summed E-state index contributed by atoms with van der Waals surface area (Å²) in [5.74, 6) is 1.42. The molecule has 0 fully saturated rings. The van der Waals surface area contributed by atoms with Crippen molar-refractivity contribution in [3.05, 3.63) is 81.0 Å². The van der Waals surface area contributed by atoms with E-state index in [1.54, 1.807) is 59.7 Å². The van der Waals surface area contributed by atoms with Crippen LogP contribution in [0, 0.1) is 5.92 Å². The van der Waals surface area contributed by atoms with Crippen LogP contribution in [0.2, 0.25) is 5.02 Å². The van der Waals surface area contributed by atoms with Crippen LogP contribution in [0.25, 0.3) is 0 Å². The van der Waals surface area contributed by atoms with Crippen molar-refractivity contribution in [1.82, 2.24) is 9.80 Å². The van der Waals surface area contributed by atoms with Gasteiger partial charge in [-0.25, -0.2) is 0 Å². The minimum absolute atomic E-state index is 0.0200. The smallest absolute Gasteiger partial charge is 0.254 e. The average Bonchev–Trinajstić information content (AvgIpc) is 3.41. The predicted octanol–water partition coefficient (Wildman–Crippen LogP) is 6.10. The number of nitrogens with zero attached hydrogens (tertiary/aromatic N) is 2. The highest BCUT2D eigenvalue weighted by Gasteiger charge is 2.34. The topological polar surface area (TPSA) is 59.1 Å². The maximum absolute atomic E-state index is 13.8. The summed E-state index contributed by atoms with van der Waals surface area (Å²) in [6.45, 7) is 5.64. The Hall–Kier alpha value is -3.03. The lowest BCUT2D eigenvalue weighted by Gasteiger charge is -2.37. The zero-order valence-corrected chi connectivity index (χ0v) is 23.1. The largest absolute Gasteiger partial charge is 0.497 e. The van der Waals surface area contributed by atoms with Crippen molar-refractivity contribution in [3.8, 4) is 11.5 Å². The molecule has 0 saturated carbocycles. The average molecular weight is 541 g/mol. The van der Waals surface area contributed by atoms with E-state index in [2.05, 4.69) is 25.3 Å². The van der Waals surface area contributed by atoms with Crippen LogP contribution in [0.15, 0.2) is 60.0 Å². The molecule has 3 aromatic rings. The molecule has 2 atom stereocenters. The van der Waals surface area contributed by atoms with E-state index in [0.29, 0.717) is 41.8 Å². The summed E-state index contributed by atoms with van der Waals surface area (Å²) in [5.41, 5.74) is 1.66. The molecule has 196 valence electrons. The van der Waals surface area contributed by atoms with Crippen molar-refractivity contribution in [3.63, 3.8) is 0 Å². The van der Waals surface area contributed by atoms with Gasteiger partial charge in [0.05, 0.1) is 13.2 Å². The minimum Gasteiger partial charge on any atom is -0.497 e. The molecule has 0 bridgehead atoms. The molecule has 1 aromatic heterocycles. The molecule has 2 heterocycles. The Bertz CT molecular complexity index is 1200. The number of rotatable bonds is 10. The van der Waals surface area contributed by atoms with E-state index in [0.717, 1.165) is 18.4 Å². The highest BCUT2D eigenvalue weighted by atomic mass is 35.5. The van der Waals surface area contributed by atoms with Gasteiger partial charge in [-0.2, -0.15) is 0 Å². The van der Waals surface area contributed by atoms with Crippen molar-refractivity contribution in [2.45, 2.75) is 32.7 Å². The molecule has 6 nitrogen and oxygen atoms in total. The lowest BCUT2D eigenvalue weighted by atomic mass is 10.00. The second kappa shape index (κ2) is 12.5. The number of hydrogen-bond acceptors (Lipinski definition) is 5. The van der Waals surface area contributed by atoms with Gasteiger partial charge in [0.25, 0.3) is 5.91 Å². The van der Waals surface area contributed by atoms with Crippen molar-refractivity contribution < 1.29 is 19.1 Å². The highest BCUT2D eigenvalue weighted by Crippen LogP contribution is 2.34. The molecule has 0 unspecified atom stereocenters. The first-order valence-corrected chi connectivity index (χ1v) is 13.8. The van der Waals surface area contributed by atoms with Gasteiger partial charge >= 0.3 is 0 Å². The number of benzene rings is 2. The molecule has 8 heteroatoms. The number of hydrogen-bond donors (Lipinski definition) is 0. The summed E-state index contributed by atoms with van der Waals surface area (Å²) in [4.78, 5) is 32.1. The Morgan fingerprint density at radius 3 is 2.49 bits per heavy atom. The maximum Gasteiger partial charge on any atom is 0.254 e. The molecule has 1 aliphatic heterocycles. The first-order valence-electron chi connectivity index (χ1n) is 12.6. The van der Waals surface area contributed by atoms with Crippen LogP contribution in [-0.2, 0) is 11.2 Å². The molecule has 37 heavy (non-hydrogen) atoms. The molecule has 0 radical (unpaired) electrons. The van der Waals surface area contributed by atoms with E-state index in [4.69, 9.17) is 21.1 Å². The molecule has 0 N–H and O–H groups in total. The van der Waals surface area contributed by atoms with Gasteiger partial charge in [0.2, 0.25) is 5.91 Å². The Morgan fingerprint density at radius 1 is 1.11 bits per heavy atom. The van der Waals surface area contributed by atoms with E-state index in [1.807, 2.05) is 17.0 Å². The van der Waals surface area contributed by atoms with E-state index >= 15 is 0 Å². The SMILES string of the molecule is CC[C@H](C)CN(CC(=O)N1CCc2sccc2[C@H]1COc1ccc(Cl)cc1)C(=O)c1ccc(OC)cc1. The van der Waals surface area contributed by atoms with Crippen molar-refractivity contribution in [2.75, 3.05) is 33.4 Å². The fourth-order valence-corrected chi connectivity index (χ4v) is 5.53. The maximum atomic E-state index is 13.8. The van der Waals surface area contributed by atoms with E-state index in [-0.39, 0.29) is 30.3 Å². The molecule has 2 aromatic carbocycles. The lowest BCUT2D eigenvalue weighted by molar-refractivity contribution is -0.135. The monoisotopic (exact) mass is 540 g/mol. The number of halogens is 1. The van der Waals surface area contributed by atoms with Gasteiger partial charge in [-0.15, -0.1) is 11.3 Å². The zero-order valence-electron chi connectivity index (χ0n) is 21.5. The fraction of sp³-hybridized carbons (Fsp3) is 0.379. The standard InChI is InChI=1S/C29H33ClN2O4S/c1-4-20(2)17-31(29(34)21-5-9-23(35-3)10-6-21)18-28(33)32-15-13-27-25(14-16-37-27)26(32)19-36-24-11-7-22(30)8-12-24/h5-12,14,16,20,26H,4,13,15,17-19H2,1-3H3/t20-,26+/m0/s1. The zero-order chi connectivity index (χ0) is 26.4. The van der Waals surface area contributed by atoms with Gasteiger partial charge in [-0.05, 0) is 77.9 Å². The summed E-state index contributed by atoms with van der Waals surface area (Å²) >= 11 is 7.72. The molecule has 0 aliphatic carbocycles. The number of carbonyl (C=O) groups excluding carboxylic acids is 2. The molecular weight excluding hydrogens is 508 g/mol. The molecule has 0 saturated heterocycles. The Labute approximate surface area is 227 Å². The third-order valence-corrected chi connectivity index (χ3v) is 8.06. The van der Waals surface area contributed by atoms with Crippen LogP contribution >= 0.6 is 22.9 Å². The van der Waals surface area contributed by atoms with Crippen LogP contribution in [0.1, 0.15) is 47.1 Å². The van der Waals surface area contributed by atoms with Gasteiger partial charge in [-0.1, -0.05) is 31.9 Å². The normalized spacial score (nSPS) is 15.6. The number of carbonyl (C=O) groups is 2. The summed E-state index contributed by atoms with van der Waals surface area (Å²) in [6, 6.07) is 16.1. The molecule has 0 spiro atoms. The summed E-state index contributed by atoms with van der Waals surface area (Å²) in [7, 11) is 1.59. The first kappa shape index (κ1) is 27.0. The number of thiophene rings is 1. The predicted molar refractivity (Wildman–Crippen MR) is 148 cm³/mol. The van der Waals surface area contributed by atoms with Crippen LogP contribution in [0.3, 0.4) is 0 Å². The number of amides is 2. The van der Waals surface area contributed by atoms with Gasteiger partial charge < -0.3 is 19.3 Å². The second-order valence-corrected chi connectivity index (χ2v) is 10.8. The fourth-order valence-electron chi connectivity index (χ4n) is 4.48. The summed E-state index contributed by atoms with van der Waals surface area (Å²) < 4.78 is 11.3. The van der Waals surface area contributed by atoms with E-state index in [9.17, 15) is 9.59 Å². The quantitative estimate of drug-likeness (QED) is 0.311. The van der Waals surface area contributed by atoms with Crippen molar-refractivity contribution in [2.24, 2.45) is 5.92 Å². The minimum atomic E-state index is -0.222. The lowest BCUT2D eigenvalue weighted by Crippen LogP contribution is -2.48. The van der Waals surface area contributed by atoms with Crippen LogP contribution in [0.4, 0.5) is 0 Å². The Balaban J connectivity index is 1.53. The van der Waals surface area contributed by atoms with Gasteiger partial charge in [0.15, 0.2) is 0 Å². The first-order chi connectivity index (χ1) is 17.9. The summed E-state index contributed by atoms with van der Waals surface area (Å²) in [5, 5.41) is 2.71. The van der Waals surface area contributed by atoms with Crippen LogP contribution in [0.5, 0.6) is 11.5 Å². The number of fused-ring (bicyclic) bond motifs is 1. The van der Waals surface area contributed by atoms with E-state index in [1.165, 1.54) is 4.88 Å². The van der Waals surface area contributed by atoms with Crippen LogP contribution in [-0.4, -0.2) is 55.0 Å².